The Balaban J connectivity index is 5.11. The van der Waals surface area contributed by atoms with Crippen molar-refractivity contribution < 1.29 is 0 Å². The van der Waals surface area contributed by atoms with Crippen molar-refractivity contribution in [1.82, 2.24) is 0 Å². The molecule has 0 aromatic carbocycles. The third-order valence-electron chi connectivity index (χ3n) is 2.10. The van der Waals surface area contributed by atoms with Crippen molar-refractivity contribution in [2.24, 2.45) is 0 Å². The zero-order valence-corrected chi connectivity index (χ0v) is 16.5. The van der Waals surface area contributed by atoms with Gasteiger partial charge in [-0.15, -0.1) is 0 Å². The average Bonchev–Trinajstić information content (AvgIpc) is 2.25. The Bertz CT molecular complexity index is 445. The molecule has 3 heteroatoms. The van der Waals surface area contributed by atoms with Gasteiger partial charge >= 0.3 is 113 Å². The van der Waals surface area contributed by atoms with E-state index < -0.39 is 34.5 Å². The van der Waals surface area contributed by atoms with Crippen molar-refractivity contribution in [3.63, 3.8) is 0 Å². The second-order valence-corrected chi connectivity index (χ2v) is 23.9. The van der Waals surface area contributed by atoms with Crippen LogP contribution in [0.2, 0.25) is 36.1 Å². The Kier molecular flexibility index (Phi) is 5.70. The van der Waals surface area contributed by atoms with Crippen molar-refractivity contribution in [3.05, 3.63) is 0 Å². The fraction of sp³-hybridized carbons (Fsp3) is 0.429. The normalized spacial score (nSPS) is 11.1. The molecular formula is C14H20Si2Sn. The van der Waals surface area contributed by atoms with Crippen LogP contribution < -0.4 is 0 Å². The van der Waals surface area contributed by atoms with Gasteiger partial charge in [0.15, 0.2) is 0 Å². The standard InChI is InChI=1S/2C6H7Si.2CH3.Sn/c2*1-5-7(3,4)6-2;;;/h2*1H,3-4H3;2*1H3;. The van der Waals surface area contributed by atoms with Crippen molar-refractivity contribution in [3.8, 4) is 42.9 Å². The minimum absolute atomic E-state index is 1.75. The van der Waals surface area contributed by atoms with Gasteiger partial charge in [0.25, 0.3) is 0 Å². The first-order valence-electron chi connectivity index (χ1n) is 5.58. The molecule has 0 fully saturated rings. The summed E-state index contributed by atoms with van der Waals surface area (Å²) in [5.74, 6) is 0. The van der Waals surface area contributed by atoms with Crippen molar-refractivity contribution in [2.45, 2.75) is 36.1 Å². The summed E-state index contributed by atoms with van der Waals surface area (Å²) < 4.78 is 6.81. The topological polar surface area (TPSA) is 0 Å². The van der Waals surface area contributed by atoms with Crippen LogP contribution >= 0.6 is 0 Å². The van der Waals surface area contributed by atoms with Crippen LogP contribution in [0.5, 0.6) is 0 Å². The number of rotatable bonds is 0. The first-order chi connectivity index (χ1) is 7.54. The third kappa shape index (κ3) is 7.41. The van der Waals surface area contributed by atoms with Gasteiger partial charge < -0.3 is 0 Å². The van der Waals surface area contributed by atoms with Crippen LogP contribution in [0, 0.1) is 42.9 Å². The summed E-state index contributed by atoms with van der Waals surface area (Å²) in [5.41, 5.74) is 12.3. The second kappa shape index (κ2) is 5.88. The molecule has 0 saturated heterocycles. The quantitative estimate of drug-likeness (QED) is 0.459. The maximum atomic E-state index is 5.48. The van der Waals surface area contributed by atoms with Gasteiger partial charge in [-0.3, -0.25) is 0 Å². The number of terminal acetylenes is 2. The molecule has 0 radical (unpaired) electrons. The van der Waals surface area contributed by atoms with E-state index in [0.717, 1.165) is 0 Å². The molecule has 0 aliphatic rings. The molecule has 17 heavy (non-hydrogen) atoms. The Morgan fingerprint density at radius 2 is 1.06 bits per heavy atom. The molecule has 0 amide bonds. The fourth-order valence-electron chi connectivity index (χ4n) is 0.728. The molecule has 0 heterocycles. The van der Waals surface area contributed by atoms with Gasteiger partial charge in [-0.1, -0.05) is 0 Å². The van der Waals surface area contributed by atoms with Crippen molar-refractivity contribution >= 4 is 34.5 Å². The molecule has 88 valence electrons. The van der Waals surface area contributed by atoms with Crippen LogP contribution in [0.3, 0.4) is 0 Å². The van der Waals surface area contributed by atoms with Crippen LogP contribution in [0.25, 0.3) is 0 Å². The summed E-state index contributed by atoms with van der Waals surface area (Å²) in [5, 5.41) is 0. The Morgan fingerprint density at radius 3 is 1.29 bits per heavy atom. The van der Waals surface area contributed by atoms with Crippen LogP contribution in [-0.4, -0.2) is 34.5 Å². The van der Waals surface area contributed by atoms with Gasteiger partial charge in [0.2, 0.25) is 0 Å². The molecule has 0 rings (SSSR count). The molecule has 0 aliphatic heterocycles. The van der Waals surface area contributed by atoms with Crippen molar-refractivity contribution in [1.29, 1.82) is 0 Å². The number of hydrogen-bond acceptors (Lipinski definition) is 0. The van der Waals surface area contributed by atoms with Gasteiger partial charge in [-0.25, -0.2) is 0 Å². The average molecular weight is 363 g/mol. The third-order valence-corrected chi connectivity index (χ3v) is 10.7. The van der Waals surface area contributed by atoms with Crippen LogP contribution in [0.1, 0.15) is 0 Å². The summed E-state index contributed by atoms with van der Waals surface area (Å²) in [6.45, 7) is 8.37. The van der Waals surface area contributed by atoms with E-state index in [1.54, 1.807) is 0 Å². The van der Waals surface area contributed by atoms with E-state index >= 15 is 0 Å². The van der Waals surface area contributed by atoms with Gasteiger partial charge in [0.1, 0.15) is 0 Å². The molecule has 0 spiro atoms. The van der Waals surface area contributed by atoms with Crippen LogP contribution in [0.15, 0.2) is 0 Å². The summed E-state index contributed by atoms with van der Waals surface area (Å²) in [6.07, 6.45) is 11.0. The van der Waals surface area contributed by atoms with Crippen LogP contribution in [0.4, 0.5) is 0 Å². The zero-order valence-electron chi connectivity index (χ0n) is 11.7. The molecule has 0 aliphatic carbocycles. The van der Waals surface area contributed by atoms with Gasteiger partial charge in [-0.2, -0.15) is 0 Å². The molecule has 0 N–H and O–H groups in total. The summed E-state index contributed by atoms with van der Waals surface area (Å²) >= 11 is -2.55. The molecule has 0 aromatic heterocycles. The van der Waals surface area contributed by atoms with E-state index in [9.17, 15) is 0 Å². The predicted molar refractivity (Wildman–Crippen MR) is 85.7 cm³/mol. The van der Waals surface area contributed by atoms with E-state index in [1.165, 1.54) is 0 Å². The van der Waals surface area contributed by atoms with E-state index in [4.69, 9.17) is 12.8 Å². The molecule has 0 unspecified atom stereocenters. The second-order valence-electron chi connectivity index (χ2n) is 5.66. The fourth-order valence-corrected chi connectivity index (χ4v) is 13.0. The summed E-state index contributed by atoms with van der Waals surface area (Å²) in [7, 11) is -3.50. The SMILES string of the molecule is C#C[Si](C)(C)C#[C][Sn]([CH3])([CH3])[C]#C[Si](C)(C)C#C. The van der Waals surface area contributed by atoms with E-state index in [2.05, 4.69) is 66.1 Å². The molecule has 0 saturated carbocycles. The molecular weight excluding hydrogens is 343 g/mol. The first kappa shape index (κ1) is 16.5. The summed E-state index contributed by atoms with van der Waals surface area (Å²) in [6, 6.07) is 0. The van der Waals surface area contributed by atoms with E-state index in [0.29, 0.717) is 0 Å². The van der Waals surface area contributed by atoms with Gasteiger partial charge in [0, 0.05) is 0 Å². The molecule has 0 bridgehead atoms. The van der Waals surface area contributed by atoms with Crippen LogP contribution in [-0.2, 0) is 0 Å². The minimum atomic E-state index is -2.55. The Hall–Kier alpha value is -0.528. The zero-order chi connectivity index (χ0) is 13.7. The van der Waals surface area contributed by atoms with Crippen molar-refractivity contribution in [2.75, 3.05) is 0 Å². The van der Waals surface area contributed by atoms with E-state index in [-0.39, 0.29) is 0 Å². The number of hydrogen-bond donors (Lipinski definition) is 0. The maximum absolute atomic E-state index is 5.48. The first-order valence-corrected chi connectivity index (χ1v) is 20.1. The predicted octanol–water partition coefficient (Wildman–Crippen LogP) is 2.62. The van der Waals surface area contributed by atoms with E-state index in [1.807, 2.05) is 0 Å². The molecule has 0 nitrogen and oxygen atoms in total. The monoisotopic (exact) mass is 364 g/mol. The molecule has 0 atom stereocenters. The van der Waals surface area contributed by atoms with Gasteiger partial charge in [-0.05, 0) is 0 Å². The molecule has 0 aromatic rings. The van der Waals surface area contributed by atoms with Gasteiger partial charge in [0.05, 0.1) is 0 Å². The Morgan fingerprint density at radius 1 is 0.765 bits per heavy atom. The summed E-state index contributed by atoms with van der Waals surface area (Å²) in [4.78, 5) is 4.44. The Labute approximate surface area is 113 Å².